The van der Waals surface area contributed by atoms with Gasteiger partial charge < -0.3 is 15.6 Å². The van der Waals surface area contributed by atoms with Gasteiger partial charge in [0.15, 0.2) is 15.5 Å². The monoisotopic (exact) mass is 533 g/mol. The highest BCUT2D eigenvalue weighted by Gasteiger charge is 2.46. The van der Waals surface area contributed by atoms with E-state index in [-0.39, 0.29) is 40.4 Å². The van der Waals surface area contributed by atoms with Crippen LogP contribution in [0.15, 0.2) is 42.2 Å². The van der Waals surface area contributed by atoms with Crippen LogP contribution in [0.4, 0.5) is 5.82 Å². The Morgan fingerprint density at radius 3 is 2.66 bits per heavy atom. The lowest BCUT2D eigenvalue weighted by molar-refractivity contribution is 0.0556. The van der Waals surface area contributed by atoms with Crippen LogP contribution in [0, 0.1) is 0 Å². The second-order valence-corrected chi connectivity index (χ2v) is 11.8. The smallest absolute Gasteiger partial charge is 0.292 e. The molecule has 2 fully saturated rings. The molecule has 2 unspecified atom stereocenters. The number of aromatic amines is 1. The van der Waals surface area contributed by atoms with Crippen molar-refractivity contribution in [2.24, 2.45) is 0 Å². The minimum Gasteiger partial charge on any atom is -0.382 e. The van der Waals surface area contributed by atoms with Crippen molar-refractivity contribution in [1.82, 2.24) is 49.0 Å². The van der Waals surface area contributed by atoms with Crippen molar-refractivity contribution in [3.8, 4) is 11.1 Å². The van der Waals surface area contributed by atoms with Crippen LogP contribution in [-0.2, 0) is 9.84 Å². The van der Waals surface area contributed by atoms with Crippen molar-refractivity contribution >= 4 is 33.0 Å². The van der Waals surface area contributed by atoms with Crippen LogP contribution < -0.4 is 5.73 Å². The van der Waals surface area contributed by atoms with E-state index < -0.39 is 9.84 Å². The Hall–Kier alpha value is -4.40. The predicted octanol–water partition coefficient (Wildman–Crippen LogP) is 1.09. The standard InChI is InChI=1S/C23H23N11O3S/c1-38(36,37)18-17(12-6-14-2-3-15(7-12)33(14)22(35)20-27-11-28-31-20)30-21-16(9-29-34(21)19(18)24)13-8-26-23-25-4-5-32(23)10-13/h4-5,8-12,14-15H,2-3,6-7,24H2,1H3,(H,27,28,31)/t12?,14-,15?/m1/s1. The van der Waals surface area contributed by atoms with E-state index in [2.05, 4.69) is 30.2 Å². The summed E-state index contributed by atoms with van der Waals surface area (Å²) in [4.78, 5) is 31.2. The first-order valence-electron chi connectivity index (χ1n) is 12.1. The zero-order valence-corrected chi connectivity index (χ0v) is 21.1. The van der Waals surface area contributed by atoms with Crippen LogP contribution in [0.2, 0.25) is 0 Å². The molecule has 2 saturated heterocycles. The number of nitrogen functional groups attached to an aromatic ring is 1. The molecule has 5 aromatic rings. The summed E-state index contributed by atoms with van der Waals surface area (Å²) in [7, 11) is -3.74. The molecule has 15 heteroatoms. The molecule has 7 rings (SSSR count). The van der Waals surface area contributed by atoms with E-state index >= 15 is 0 Å². The van der Waals surface area contributed by atoms with Gasteiger partial charge in [0.1, 0.15) is 17.0 Å². The Morgan fingerprint density at radius 1 is 1.16 bits per heavy atom. The molecule has 38 heavy (non-hydrogen) atoms. The molecule has 3 N–H and O–H groups in total. The number of imidazole rings is 1. The van der Waals surface area contributed by atoms with Crippen LogP contribution in [0.25, 0.3) is 22.6 Å². The van der Waals surface area contributed by atoms with Crippen LogP contribution in [0.3, 0.4) is 0 Å². The highest BCUT2D eigenvalue weighted by molar-refractivity contribution is 7.91. The van der Waals surface area contributed by atoms with Gasteiger partial charge in [0.2, 0.25) is 11.6 Å². The van der Waals surface area contributed by atoms with Crippen molar-refractivity contribution in [1.29, 1.82) is 0 Å². The molecular weight excluding hydrogens is 510 g/mol. The lowest BCUT2D eigenvalue weighted by atomic mass is 9.87. The largest absolute Gasteiger partial charge is 0.382 e. The van der Waals surface area contributed by atoms with Crippen molar-refractivity contribution < 1.29 is 13.2 Å². The maximum absolute atomic E-state index is 13.1. The van der Waals surface area contributed by atoms with Crippen molar-refractivity contribution in [3.63, 3.8) is 0 Å². The lowest BCUT2D eigenvalue weighted by Gasteiger charge is -2.38. The summed E-state index contributed by atoms with van der Waals surface area (Å²) in [5, 5.41) is 12.0. The third-order valence-electron chi connectivity index (χ3n) is 7.56. The molecular formula is C23H23N11O3S. The van der Waals surface area contributed by atoms with E-state index in [1.54, 1.807) is 29.2 Å². The molecule has 0 aromatic carbocycles. The first-order valence-corrected chi connectivity index (χ1v) is 14.0. The molecule has 1 amide bonds. The van der Waals surface area contributed by atoms with Gasteiger partial charge in [-0.15, -0.1) is 10.2 Å². The number of carbonyl (C=O) groups is 1. The van der Waals surface area contributed by atoms with Gasteiger partial charge in [-0.1, -0.05) is 0 Å². The van der Waals surface area contributed by atoms with E-state index in [0.717, 1.165) is 24.7 Å². The van der Waals surface area contributed by atoms with Gasteiger partial charge in [0.05, 0.1) is 11.9 Å². The zero-order chi connectivity index (χ0) is 26.2. The topological polar surface area (TPSA) is 182 Å². The number of nitrogens with one attached hydrogen (secondary N) is 1. The van der Waals surface area contributed by atoms with Gasteiger partial charge >= 0.3 is 0 Å². The molecule has 3 atom stereocenters. The Labute approximate surface area is 215 Å². The average molecular weight is 534 g/mol. The average Bonchev–Trinajstić information content (AvgIpc) is 3.68. The molecule has 2 bridgehead atoms. The van der Waals surface area contributed by atoms with Crippen LogP contribution in [-0.4, -0.2) is 81.7 Å². The third kappa shape index (κ3) is 3.38. The quantitative estimate of drug-likeness (QED) is 0.339. The molecule has 0 saturated carbocycles. The van der Waals surface area contributed by atoms with Crippen LogP contribution >= 0.6 is 0 Å². The fourth-order valence-electron chi connectivity index (χ4n) is 6.00. The SMILES string of the molecule is CS(=O)(=O)c1c(C2CC3CC[C@H](C2)N3C(=O)c2nnc[nH]2)nc2c(-c3cnc4nccn4c3)cnn2c1N. The summed E-state index contributed by atoms with van der Waals surface area (Å²) >= 11 is 0. The summed E-state index contributed by atoms with van der Waals surface area (Å²) < 4.78 is 29.1. The summed E-state index contributed by atoms with van der Waals surface area (Å²) in [5.41, 5.74) is 8.74. The number of nitrogens with two attached hydrogens (primary N) is 1. The van der Waals surface area contributed by atoms with Crippen LogP contribution in [0.1, 0.15) is 47.9 Å². The third-order valence-corrected chi connectivity index (χ3v) is 8.72. The van der Waals surface area contributed by atoms with Crippen LogP contribution in [0.5, 0.6) is 0 Å². The van der Waals surface area contributed by atoms with Gasteiger partial charge in [-0.25, -0.2) is 23.4 Å². The Balaban J connectivity index is 1.33. The highest BCUT2D eigenvalue weighted by atomic mass is 32.2. The number of nitrogens with zero attached hydrogens (tertiary/aromatic N) is 9. The number of sulfone groups is 1. The molecule has 7 heterocycles. The summed E-state index contributed by atoms with van der Waals surface area (Å²) in [6, 6.07) is -0.138. The molecule has 2 aliphatic rings. The van der Waals surface area contributed by atoms with Gasteiger partial charge in [-0.2, -0.15) is 9.61 Å². The molecule has 0 spiro atoms. The Bertz CT molecular complexity index is 1810. The number of carbonyl (C=O) groups excluding carboxylic acids is 1. The summed E-state index contributed by atoms with van der Waals surface area (Å²) in [5.74, 6) is 0.372. The van der Waals surface area contributed by atoms with Gasteiger partial charge in [-0.05, 0) is 25.7 Å². The second-order valence-electron chi connectivity index (χ2n) is 9.86. The number of piperidine rings is 1. The molecule has 14 nitrogen and oxygen atoms in total. The van der Waals surface area contributed by atoms with Crippen molar-refractivity contribution in [2.75, 3.05) is 12.0 Å². The molecule has 194 valence electrons. The maximum Gasteiger partial charge on any atom is 0.292 e. The summed E-state index contributed by atoms with van der Waals surface area (Å²) in [6.07, 6.45) is 13.9. The Morgan fingerprint density at radius 2 is 1.95 bits per heavy atom. The lowest BCUT2D eigenvalue weighted by Crippen LogP contribution is -2.46. The number of H-pyrrole nitrogens is 1. The second kappa shape index (κ2) is 8.05. The normalized spacial score (nSPS) is 21.5. The fourth-order valence-corrected chi connectivity index (χ4v) is 7.06. The van der Waals surface area contributed by atoms with E-state index in [1.165, 1.54) is 10.8 Å². The zero-order valence-electron chi connectivity index (χ0n) is 20.3. The minimum atomic E-state index is -3.74. The van der Waals surface area contributed by atoms with Crippen molar-refractivity contribution in [2.45, 2.75) is 48.6 Å². The van der Waals surface area contributed by atoms with Crippen molar-refractivity contribution in [3.05, 3.63) is 48.8 Å². The van der Waals surface area contributed by atoms with Gasteiger partial charge in [0, 0.05) is 60.2 Å². The van der Waals surface area contributed by atoms with E-state index in [9.17, 15) is 13.2 Å². The number of hydrogen-bond acceptors (Lipinski definition) is 10. The molecule has 2 aliphatic heterocycles. The van der Waals surface area contributed by atoms with Gasteiger partial charge in [-0.3, -0.25) is 9.20 Å². The Kier molecular flexibility index (Phi) is 4.82. The predicted molar refractivity (Wildman–Crippen MR) is 134 cm³/mol. The first-order chi connectivity index (χ1) is 18.3. The van der Waals surface area contributed by atoms with E-state index in [0.29, 0.717) is 35.5 Å². The first kappa shape index (κ1) is 22.8. The fraction of sp³-hybridized carbons (Fsp3) is 0.348. The van der Waals surface area contributed by atoms with Gasteiger partial charge in [0.25, 0.3) is 5.91 Å². The maximum atomic E-state index is 13.1. The number of anilines is 1. The number of hydrogen-bond donors (Lipinski definition) is 2. The van der Waals surface area contributed by atoms with E-state index in [1.807, 2.05) is 11.1 Å². The van der Waals surface area contributed by atoms with E-state index in [4.69, 9.17) is 10.7 Å². The number of aromatic nitrogens is 9. The summed E-state index contributed by atoms with van der Waals surface area (Å²) in [6.45, 7) is 0. The molecule has 0 radical (unpaired) electrons. The molecule has 5 aromatic heterocycles. The molecule has 0 aliphatic carbocycles. The minimum absolute atomic E-state index is 0.0118. The number of fused-ring (bicyclic) bond motifs is 4. The number of amides is 1. The number of rotatable bonds is 4. The highest BCUT2D eigenvalue weighted by Crippen LogP contribution is 2.45.